The number of aromatic nitrogens is 2. The molecule has 1 aromatic heterocycles. The van der Waals surface area contributed by atoms with Gasteiger partial charge in [-0.25, -0.2) is 4.68 Å². The number of amides is 1. The third-order valence-corrected chi connectivity index (χ3v) is 2.88. The molecule has 1 aromatic rings. The van der Waals surface area contributed by atoms with E-state index in [-0.39, 0.29) is 29.1 Å². The Morgan fingerprint density at radius 1 is 1.43 bits per heavy atom. The molecular weight excluding hydrogens is 270 g/mol. The molecule has 21 heavy (non-hydrogen) atoms. The van der Waals surface area contributed by atoms with Gasteiger partial charge in [0, 0.05) is 19.2 Å². The molecule has 1 amide bonds. The summed E-state index contributed by atoms with van der Waals surface area (Å²) in [5, 5.41) is 16.5. The van der Waals surface area contributed by atoms with Gasteiger partial charge in [0.05, 0.1) is 6.10 Å². The van der Waals surface area contributed by atoms with Crippen molar-refractivity contribution in [2.24, 2.45) is 5.41 Å². The van der Waals surface area contributed by atoms with E-state index in [0.29, 0.717) is 13.0 Å². The molecule has 118 valence electrons. The lowest BCUT2D eigenvalue weighted by molar-refractivity contribution is 0.0862. The number of aryl methyl sites for hydroxylation is 1. The van der Waals surface area contributed by atoms with Crippen LogP contribution >= 0.6 is 0 Å². The Morgan fingerprint density at radius 3 is 2.67 bits per heavy atom. The Bertz CT molecular complexity index is 532. The zero-order valence-electron chi connectivity index (χ0n) is 13.2. The Kier molecular flexibility index (Phi) is 6.08. The maximum atomic E-state index is 12.0. The third-order valence-electron chi connectivity index (χ3n) is 2.88. The minimum Gasteiger partial charge on any atom is -0.391 e. The van der Waals surface area contributed by atoms with Crippen LogP contribution in [0.4, 0.5) is 0 Å². The van der Waals surface area contributed by atoms with Crippen molar-refractivity contribution in [1.82, 2.24) is 15.1 Å². The number of hydrogen-bond acceptors (Lipinski definition) is 4. The Morgan fingerprint density at radius 2 is 2.10 bits per heavy atom. The highest BCUT2D eigenvalue weighted by atomic mass is 16.3. The van der Waals surface area contributed by atoms with Crippen molar-refractivity contribution >= 4 is 5.91 Å². The van der Waals surface area contributed by atoms with Crippen molar-refractivity contribution in [3.05, 3.63) is 28.2 Å². The van der Waals surface area contributed by atoms with Gasteiger partial charge in [0.2, 0.25) is 0 Å². The van der Waals surface area contributed by atoms with Gasteiger partial charge in [-0.1, -0.05) is 27.7 Å². The molecule has 0 saturated heterocycles. The highest BCUT2D eigenvalue weighted by molar-refractivity contribution is 5.91. The molecule has 2 N–H and O–H groups in total. The molecular formula is C15H25N3O3. The van der Waals surface area contributed by atoms with Crippen LogP contribution < -0.4 is 10.9 Å². The molecule has 1 atom stereocenters. The van der Waals surface area contributed by atoms with E-state index >= 15 is 0 Å². The summed E-state index contributed by atoms with van der Waals surface area (Å²) in [6.45, 7) is 8.67. The smallest absolute Gasteiger partial charge is 0.271 e. The number of nitrogens with one attached hydrogen (secondary N) is 1. The van der Waals surface area contributed by atoms with Crippen LogP contribution in [0.5, 0.6) is 0 Å². The van der Waals surface area contributed by atoms with Gasteiger partial charge in [0.25, 0.3) is 11.5 Å². The molecule has 0 aliphatic rings. The maximum Gasteiger partial charge on any atom is 0.271 e. The van der Waals surface area contributed by atoms with E-state index in [1.54, 1.807) is 0 Å². The van der Waals surface area contributed by atoms with Gasteiger partial charge < -0.3 is 10.4 Å². The van der Waals surface area contributed by atoms with Crippen LogP contribution in [0.3, 0.4) is 0 Å². The fraction of sp³-hybridized carbons (Fsp3) is 0.667. The number of hydrogen-bond donors (Lipinski definition) is 2. The van der Waals surface area contributed by atoms with Crippen LogP contribution in [-0.2, 0) is 6.54 Å². The molecule has 6 heteroatoms. The number of carbonyl (C=O) groups is 1. The standard InChI is InChI=1S/C15H25N3O3/c1-5-8-18-13(20)7-6-12(17-18)14(21)16-10-11(19)9-15(2,3)4/h6-7,11,19H,5,8-10H2,1-4H3,(H,16,21)/t11-/m0/s1. The average Bonchev–Trinajstić information content (AvgIpc) is 2.37. The van der Waals surface area contributed by atoms with E-state index in [2.05, 4.69) is 10.4 Å². The first-order valence-electron chi connectivity index (χ1n) is 7.27. The van der Waals surface area contributed by atoms with E-state index in [4.69, 9.17) is 0 Å². The van der Waals surface area contributed by atoms with Crippen molar-refractivity contribution in [3.8, 4) is 0 Å². The summed E-state index contributed by atoms with van der Waals surface area (Å²) in [5.74, 6) is -0.382. The second-order valence-electron chi connectivity index (χ2n) is 6.41. The summed E-state index contributed by atoms with van der Waals surface area (Å²) in [5.41, 5.74) is -0.0382. The summed E-state index contributed by atoms with van der Waals surface area (Å²) in [4.78, 5) is 23.5. The molecule has 1 rings (SSSR count). The van der Waals surface area contributed by atoms with Crippen molar-refractivity contribution in [1.29, 1.82) is 0 Å². The first-order chi connectivity index (χ1) is 9.73. The van der Waals surface area contributed by atoms with Crippen molar-refractivity contribution < 1.29 is 9.90 Å². The van der Waals surface area contributed by atoms with Gasteiger partial charge in [0.15, 0.2) is 0 Å². The maximum absolute atomic E-state index is 12.0. The lowest BCUT2D eigenvalue weighted by atomic mass is 9.89. The van der Waals surface area contributed by atoms with Gasteiger partial charge >= 0.3 is 0 Å². The quantitative estimate of drug-likeness (QED) is 0.825. The molecule has 1 heterocycles. The molecule has 0 radical (unpaired) electrons. The average molecular weight is 295 g/mol. The van der Waals surface area contributed by atoms with Crippen LogP contribution in [0.15, 0.2) is 16.9 Å². The molecule has 0 fully saturated rings. The van der Waals surface area contributed by atoms with Crippen molar-refractivity contribution in [2.75, 3.05) is 6.54 Å². The van der Waals surface area contributed by atoms with Gasteiger partial charge in [0.1, 0.15) is 5.69 Å². The lowest BCUT2D eigenvalue weighted by Gasteiger charge is -2.22. The van der Waals surface area contributed by atoms with E-state index in [0.717, 1.165) is 6.42 Å². The van der Waals surface area contributed by atoms with Crippen molar-refractivity contribution in [2.45, 2.75) is 53.2 Å². The zero-order valence-corrected chi connectivity index (χ0v) is 13.2. The lowest BCUT2D eigenvalue weighted by Crippen LogP contribution is -2.35. The van der Waals surface area contributed by atoms with E-state index in [9.17, 15) is 14.7 Å². The third kappa shape index (κ3) is 6.08. The van der Waals surface area contributed by atoms with Gasteiger partial charge in [-0.05, 0) is 24.3 Å². The Labute approximate surface area is 125 Å². The van der Waals surface area contributed by atoms with Crippen LogP contribution in [0.2, 0.25) is 0 Å². The monoisotopic (exact) mass is 295 g/mol. The van der Waals surface area contributed by atoms with Crippen molar-refractivity contribution in [3.63, 3.8) is 0 Å². The summed E-state index contributed by atoms with van der Waals surface area (Å²) in [6.07, 6.45) is 0.758. The summed E-state index contributed by atoms with van der Waals surface area (Å²) < 4.78 is 1.28. The first kappa shape index (κ1) is 17.4. The molecule has 0 aromatic carbocycles. The van der Waals surface area contributed by atoms with Crippen LogP contribution in [0, 0.1) is 5.41 Å². The first-order valence-corrected chi connectivity index (χ1v) is 7.27. The molecule has 0 aliphatic heterocycles. The van der Waals surface area contributed by atoms with Crippen LogP contribution in [0.1, 0.15) is 51.0 Å². The fourth-order valence-electron chi connectivity index (χ4n) is 2.02. The molecule has 6 nitrogen and oxygen atoms in total. The second kappa shape index (κ2) is 7.36. The second-order valence-corrected chi connectivity index (χ2v) is 6.41. The van der Waals surface area contributed by atoms with E-state index in [1.807, 2.05) is 27.7 Å². The highest BCUT2D eigenvalue weighted by Gasteiger charge is 2.18. The zero-order chi connectivity index (χ0) is 16.0. The number of carbonyl (C=O) groups excluding carboxylic acids is 1. The van der Waals surface area contributed by atoms with Crippen LogP contribution in [-0.4, -0.2) is 33.4 Å². The Hall–Kier alpha value is -1.69. The largest absolute Gasteiger partial charge is 0.391 e. The fourth-order valence-corrected chi connectivity index (χ4v) is 2.02. The number of nitrogens with zero attached hydrogens (tertiary/aromatic N) is 2. The summed E-state index contributed by atoms with van der Waals surface area (Å²) in [7, 11) is 0. The predicted molar refractivity (Wildman–Crippen MR) is 81.2 cm³/mol. The Balaban J connectivity index is 2.64. The van der Waals surface area contributed by atoms with Crippen LogP contribution in [0.25, 0.3) is 0 Å². The highest BCUT2D eigenvalue weighted by Crippen LogP contribution is 2.20. The summed E-state index contributed by atoms with van der Waals surface area (Å²) in [6, 6.07) is 2.74. The molecule has 0 unspecified atom stereocenters. The normalized spacial score (nSPS) is 13.0. The number of aliphatic hydroxyl groups excluding tert-OH is 1. The summed E-state index contributed by atoms with van der Waals surface area (Å²) >= 11 is 0. The minimum atomic E-state index is -0.601. The predicted octanol–water partition coefficient (Wildman–Crippen LogP) is 1.18. The molecule has 0 saturated carbocycles. The van der Waals surface area contributed by atoms with Gasteiger partial charge in [-0.2, -0.15) is 5.10 Å². The van der Waals surface area contributed by atoms with E-state index in [1.165, 1.54) is 16.8 Å². The molecule has 0 aliphatic carbocycles. The minimum absolute atomic E-state index is 0.00323. The molecule has 0 bridgehead atoms. The van der Waals surface area contributed by atoms with E-state index < -0.39 is 6.10 Å². The van der Waals surface area contributed by atoms with Gasteiger partial charge in [-0.3, -0.25) is 9.59 Å². The number of aliphatic hydroxyl groups is 1. The number of rotatable bonds is 6. The molecule has 0 spiro atoms. The van der Waals surface area contributed by atoms with Gasteiger partial charge in [-0.15, -0.1) is 0 Å². The SMILES string of the molecule is CCCn1nc(C(=O)NC[C@@H](O)CC(C)(C)C)ccc1=O. The topological polar surface area (TPSA) is 84.2 Å².